The number of ether oxygens (including phenoxy) is 1. The number of para-hydroxylation sites is 2. The topological polar surface area (TPSA) is 96.0 Å². The molecule has 0 saturated carbocycles. The summed E-state index contributed by atoms with van der Waals surface area (Å²) in [6.45, 7) is 9.05. The smallest absolute Gasteiger partial charge is 0.242 e. The van der Waals surface area contributed by atoms with Crippen molar-refractivity contribution in [3.63, 3.8) is 0 Å². The van der Waals surface area contributed by atoms with Gasteiger partial charge in [0.05, 0.1) is 18.6 Å². The second kappa shape index (κ2) is 14.6. The maximum Gasteiger partial charge on any atom is 0.242 e. The average molecular weight is 532 g/mol. The highest BCUT2D eigenvalue weighted by molar-refractivity contribution is 7.92. The molecule has 2 amide bonds. The number of nitrogens with one attached hydrogen (secondary N) is 1. The van der Waals surface area contributed by atoms with Crippen LogP contribution >= 0.6 is 0 Å². The normalized spacial score (nSPS) is 12.2. The predicted molar refractivity (Wildman–Crippen MR) is 148 cm³/mol. The first-order chi connectivity index (χ1) is 17.5. The van der Waals surface area contributed by atoms with Crippen molar-refractivity contribution in [3.05, 3.63) is 60.2 Å². The Bertz CT molecular complexity index is 1110. The number of rotatable bonds is 15. The van der Waals surface area contributed by atoms with E-state index in [0.29, 0.717) is 49.9 Å². The Labute approximate surface area is 222 Å². The molecule has 8 nitrogen and oxygen atoms in total. The van der Waals surface area contributed by atoms with Gasteiger partial charge in [0.25, 0.3) is 0 Å². The predicted octanol–water partition coefficient (Wildman–Crippen LogP) is 3.86. The van der Waals surface area contributed by atoms with Crippen molar-refractivity contribution in [1.82, 2.24) is 10.2 Å². The van der Waals surface area contributed by atoms with Gasteiger partial charge in [-0.3, -0.25) is 13.9 Å². The monoisotopic (exact) mass is 531 g/mol. The molecule has 0 aliphatic heterocycles. The van der Waals surface area contributed by atoms with Crippen LogP contribution in [0.4, 0.5) is 5.69 Å². The molecular weight excluding hydrogens is 490 g/mol. The van der Waals surface area contributed by atoms with Crippen LogP contribution in [0.25, 0.3) is 0 Å². The van der Waals surface area contributed by atoms with Gasteiger partial charge in [-0.15, -0.1) is 0 Å². The standard InChI is InChI=1S/C28H41N3O5S/c1-6-36-26-16-11-10-15-25(26)31(37(5,34)35)19-12-17-27(32)30(20-18-24-13-8-7-9-14-24)23(4)28(33)29-21-22(2)3/h7-11,13-16,22-23H,6,12,17-21H2,1-5H3,(H,29,33)/t23-/m0/s1. The Morgan fingerprint density at radius 2 is 1.62 bits per heavy atom. The van der Waals surface area contributed by atoms with Crippen molar-refractivity contribution in [2.45, 2.75) is 53.0 Å². The van der Waals surface area contributed by atoms with Gasteiger partial charge < -0.3 is 15.0 Å². The highest BCUT2D eigenvalue weighted by Gasteiger charge is 2.27. The number of carbonyl (C=O) groups excluding carboxylic acids is 2. The summed E-state index contributed by atoms with van der Waals surface area (Å²) >= 11 is 0. The molecule has 1 N–H and O–H groups in total. The number of hydrogen-bond donors (Lipinski definition) is 1. The first kappa shape index (κ1) is 30.2. The van der Waals surface area contributed by atoms with Crippen LogP contribution in [0.5, 0.6) is 5.75 Å². The molecule has 0 bridgehead atoms. The minimum atomic E-state index is -3.60. The zero-order chi connectivity index (χ0) is 27.4. The zero-order valence-electron chi connectivity index (χ0n) is 22.6. The van der Waals surface area contributed by atoms with E-state index < -0.39 is 16.1 Å². The van der Waals surface area contributed by atoms with Gasteiger partial charge in [0.2, 0.25) is 21.8 Å². The third kappa shape index (κ3) is 9.72. The number of anilines is 1. The van der Waals surface area contributed by atoms with Crippen LogP contribution in [-0.4, -0.2) is 63.7 Å². The van der Waals surface area contributed by atoms with Crippen LogP contribution in [0.1, 0.15) is 46.1 Å². The van der Waals surface area contributed by atoms with E-state index in [1.54, 1.807) is 36.1 Å². The zero-order valence-corrected chi connectivity index (χ0v) is 23.5. The summed E-state index contributed by atoms with van der Waals surface area (Å²) in [5.74, 6) is 0.390. The summed E-state index contributed by atoms with van der Waals surface area (Å²) in [6.07, 6.45) is 2.17. The van der Waals surface area contributed by atoms with Crippen molar-refractivity contribution in [2.24, 2.45) is 5.92 Å². The van der Waals surface area contributed by atoms with Gasteiger partial charge in [-0.2, -0.15) is 0 Å². The minimum absolute atomic E-state index is 0.111. The van der Waals surface area contributed by atoms with Gasteiger partial charge in [0.15, 0.2) is 0 Å². The molecule has 0 unspecified atom stereocenters. The first-order valence-corrected chi connectivity index (χ1v) is 14.7. The molecule has 37 heavy (non-hydrogen) atoms. The molecule has 0 spiro atoms. The second-order valence-electron chi connectivity index (χ2n) is 9.48. The van der Waals surface area contributed by atoms with Gasteiger partial charge >= 0.3 is 0 Å². The summed E-state index contributed by atoms with van der Waals surface area (Å²) in [5, 5.41) is 2.92. The van der Waals surface area contributed by atoms with E-state index in [0.717, 1.165) is 11.8 Å². The van der Waals surface area contributed by atoms with Crippen molar-refractivity contribution in [1.29, 1.82) is 0 Å². The Hall–Kier alpha value is -3.07. The van der Waals surface area contributed by atoms with E-state index in [1.165, 1.54) is 4.31 Å². The lowest BCUT2D eigenvalue weighted by molar-refractivity contribution is -0.140. The van der Waals surface area contributed by atoms with Crippen LogP contribution in [0, 0.1) is 5.92 Å². The van der Waals surface area contributed by atoms with Crippen LogP contribution in [0.2, 0.25) is 0 Å². The fraction of sp³-hybridized carbons (Fsp3) is 0.500. The molecule has 2 rings (SSSR count). The molecular formula is C28H41N3O5S. The van der Waals surface area contributed by atoms with E-state index in [9.17, 15) is 18.0 Å². The van der Waals surface area contributed by atoms with Crippen LogP contribution in [-0.2, 0) is 26.0 Å². The van der Waals surface area contributed by atoms with Crippen LogP contribution < -0.4 is 14.4 Å². The lowest BCUT2D eigenvalue weighted by atomic mass is 10.1. The molecule has 0 fully saturated rings. The number of hydrogen-bond acceptors (Lipinski definition) is 5. The molecule has 204 valence electrons. The molecule has 0 aromatic heterocycles. The van der Waals surface area contributed by atoms with Gasteiger partial charge in [0, 0.05) is 26.1 Å². The lowest BCUT2D eigenvalue weighted by Gasteiger charge is -2.30. The largest absolute Gasteiger partial charge is 0.492 e. The number of carbonyl (C=O) groups is 2. The van der Waals surface area contributed by atoms with E-state index >= 15 is 0 Å². The molecule has 2 aromatic carbocycles. The molecule has 2 aromatic rings. The van der Waals surface area contributed by atoms with Gasteiger partial charge in [-0.1, -0.05) is 56.3 Å². The lowest BCUT2D eigenvalue weighted by Crippen LogP contribution is -2.49. The summed E-state index contributed by atoms with van der Waals surface area (Å²) in [7, 11) is -3.60. The van der Waals surface area contributed by atoms with Gasteiger partial charge in [0.1, 0.15) is 11.8 Å². The highest BCUT2D eigenvalue weighted by Crippen LogP contribution is 2.30. The third-order valence-electron chi connectivity index (χ3n) is 5.92. The molecule has 0 radical (unpaired) electrons. The molecule has 1 atom stereocenters. The summed E-state index contributed by atoms with van der Waals surface area (Å²) in [6, 6.07) is 16.1. The SMILES string of the molecule is CCOc1ccccc1N(CCCC(=O)N(CCc1ccccc1)[C@@H](C)C(=O)NCC(C)C)S(C)(=O)=O. The molecule has 0 heterocycles. The van der Waals surface area contributed by atoms with E-state index in [4.69, 9.17) is 4.74 Å². The summed E-state index contributed by atoms with van der Waals surface area (Å²) < 4.78 is 32.1. The van der Waals surface area contributed by atoms with E-state index in [1.807, 2.05) is 51.1 Å². The Morgan fingerprint density at radius 1 is 0.973 bits per heavy atom. The van der Waals surface area contributed by atoms with Crippen LogP contribution in [0.15, 0.2) is 54.6 Å². The maximum absolute atomic E-state index is 13.3. The molecule has 0 aliphatic carbocycles. The van der Waals surface area contributed by atoms with Crippen molar-refractivity contribution >= 4 is 27.5 Å². The molecule has 0 aliphatic rings. The number of benzene rings is 2. The Balaban J connectivity index is 2.14. The van der Waals surface area contributed by atoms with Gasteiger partial charge in [-0.05, 0) is 50.3 Å². The highest BCUT2D eigenvalue weighted by atomic mass is 32.2. The van der Waals surface area contributed by atoms with Gasteiger partial charge in [-0.25, -0.2) is 8.42 Å². The van der Waals surface area contributed by atoms with Crippen LogP contribution in [0.3, 0.4) is 0 Å². The van der Waals surface area contributed by atoms with Crippen molar-refractivity contribution in [3.8, 4) is 5.75 Å². The van der Waals surface area contributed by atoms with Crippen molar-refractivity contribution in [2.75, 3.05) is 36.8 Å². The maximum atomic E-state index is 13.3. The number of sulfonamides is 1. The Morgan fingerprint density at radius 3 is 2.24 bits per heavy atom. The van der Waals surface area contributed by atoms with E-state index in [2.05, 4.69) is 5.32 Å². The number of amides is 2. The minimum Gasteiger partial charge on any atom is -0.492 e. The summed E-state index contributed by atoms with van der Waals surface area (Å²) in [4.78, 5) is 27.7. The Kier molecular flexibility index (Phi) is 11.9. The summed E-state index contributed by atoms with van der Waals surface area (Å²) in [5.41, 5.74) is 1.52. The fourth-order valence-electron chi connectivity index (χ4n) is 3.95. The fourth-order valence-corrected chi connectivity index (χ4v) is 4.91. The van der Waals surface area contributed by atoms with E-state index in [-0.39, 0.29) is 24.8 Å². The molecule has 9 heteroatoms. The quantitative estimate of drug-likeness (QED) is 0.377. The average Bonchev–Trinajstić information content (AvgIpc) is 2.85. The second-order valence-corrected chi connectivity index (χ2v) is 11.4. The third-order valence-corrected chi connectivity index (χ3v) is 7.10. The molecule has 0 saturated heterocycles. The number of nitrogens with zero attached hydrogens (tertiary/aromatic N) is 2. The van der Waals surface area contributed by atoms with Crippen molar-refractivity contribution < 1.29 is 22.7 Å². The first-order valence-electron chi connectivity index (χ1n) is 12.8.